The van der Waals surface area contributed by atoms with Gasteiger partial charge in [-0.3, -0.25) is 0 Å². The van der Waals surface area contributed by atoms with Gasteiger partial charge in [-0.15, -0.1) is 0 Å². The molecule has 0 atom stereocenters. The Hall–Kier alpha value is -6.90. The molecule has 0 N–H and O–H groups in total. The molecule has 0 saturated carbocycles. The minimum atomic E-state index is 0.955. The van der Waals surface area contributed by atoms with Crippen molar-refractivity contribution in [3.8, 4) is 0 Å². The van der Waals surface area contributed by atoms with Crippen molar-refractivity contribution < 1.29 is 0 Å². The van der Waals surface area contributed by atoms with E-state index in [1.165, 1.54) is 77.0 Å². The highest BCUT2D eigenvalue weighted by molar-refractivity contribution is 6.10. The average Bonchev–Trinajstić information content (AvgIpc) is 3.25. The summed E-state index contributed by atoms with van der Waals surface area (Å²) in [6.45, 7) is 0. The van der Waals surface area contributed by atoms with Crippen molar-refractivity contribution in [2.75, 3.05) is 9.80 Å². The molecule has 2 heteroatoms. The third kappa shape index (κ3) is 5.70. The maximum atomic E-state index is 2.44. The summed E-state index contributed by atoms with van der Waals surface area (Å²) in [5.74, 6) is 0. The lowest BCUT2D eigenvalue weighted by Crippen LogP contribution is -2.18. The van der Waals surface area contributed by atoms with E-state index in [4.69, 9.17) is 0 Å². The van der Waals surface area contributed by atoms with Gasteiger partial charge in [0.05, 0.1) is 11.4 Å². The zero-order valence-corrected chi connectivity index (χ0v) is 29.9. The summed E-state index contributed by atoms with van der Waals surface area (Å²) in [6.07, 6.45) is 6.59. The third-order valence-corrected chi connectivity index (χ3v) is 10.9. The first kappa shape index (κ1) is 31.8. The van der Waals surface area contributed by atoms with Crippen LogP contribution in [0.2, 0.25) is 0 Å². The summed E-state index contributed by atoms with van der Waals surface area (Å²) in [6, 6.07) is 70.4. The van der Waals surface area contributed by atoms with Gasteiger partial charge in [-0.25, -0.2) is 0 Å². The van der Waals surface area contributed by atoms with Crippen molar-refractivity contribution in [2.45, 2.75) is 12.8 Å². The molecule has 0 saturated heterocycles. The highest BCUT2D eigenvalue weighted by atomic mass is 15.2. The van der Waals surface area contributed by atoms with Gasteiger partial charge in [-0.1, -0.05) is 146 Å². The van der Waals surface area contributed by atoms with Crippen LogP contribution >= 0.6 is 0 Å². The molecule has 1 aliphatic rings. The standard InChI is InChI=1S/C52H38N2/c1-3-17-43(18-4-1)53(51-23-11-15-38-13-7-9-21-49(38)51)45-30-27-37(28-31-45)40-29-33-47-41(35-40)25-26-42-36-46(32-34-48(42)47)54(44-19-5-2-6-20-44)52-24-12-16-39-14-8-10-22-50(39)52/h1-27,29-30,32-36H,28,31H2. The normalized spacial score (nSPS) is 12.9. The summed E-state index contributed by atoms with van der Waals surface area (Å²) in [7, 11) is 0. The smallest absolute Gasteiger partial charge is 0.0540 e. The minimum Gasteiger partial charge on any atom is -0.314 e. The summed E-state index contributed by atoms with van der Waals surface area (Å²) in [5, 5.41) is 10.0. The Bertz CT molecular complexity index is 2880. The number of para-hydroxylation sites is 2. The molecule has 0 bridgehead atoms. The van der Waals surface area contributed by atoms with E-state index in [-0.39, 0.29) is 0 Å². The summed E-state index contributed by atoms with van der Waals surface area (Å²) in [4.78, 5) is 4.82. The van der Waals surface area contributed by atoms with Crippen LogP contribution in [-0.2, 0) is 0 Å². The molecule has 0 aliphatic heterocycles. The number of hydrogen-bond acceptors (Lipinski definition) is 2. The van der Waals surface area contributed by atoms with Gasteiger partial charge in [0.1, 0.15) is 0 Å². The van der Waals surface area contributed by atoms with E-state index in [1.807, 2.05) is 0 Å². The van der Waals surface area contributed by atoms with Crippen molar-refractivity contribution in [2.24, 2.45) is 0 Å². The van der Waals surface area contributed by atoms with E-state index in [2.05, 4.69) is 216 Å². The van der Waals surface area contributed by atoms with Gasteiger partial charge in [0, 0.05) is 33.5 Å². The van der Waals surface area contributed by atoms with Crippen LogP contribution in [0.4, 0.5) is 28.4 Å². The Kier molecular flexibility index (Phi) is 8.00. The topological polar surface area (TPSA) is 6.48 Å². The predicted molar refractivity (Wildman–Crippen MR) is 231 cm³/mol. The molecule has 0 heterocycles. The van der Waals surface area contributed by atoms with Gasteiger partial charge >= 0.3 is 0 Å². The molecule has 2 nitrogen and oxygen atoms in total. The van der Waals surface area contributed by atoms with Crippen molar-refractivity contribution in [3.05, 3.63) is 218 Å². The van der Waals surface area contributed by atoms with Crippen molar-refractivity contribution in [1.29, 1.82) is 0 Å². The van der Waals surface area contributed by atoms with Crippen LogP contribution in [0.15, 0.2) is 212 Å². The monoisotopic (exact) mass is 690 g/mol. The fourth-order valence-corrected chi connectivity index (χ4v) is 8.30. The second-order valence-electron chi connectivity index (χ2n) is 14.1. The van der Waals surface area contributed by atoms with E-state index in [0.29, 0.717) is 0 Å². The van der Waals surface area contributed by atoms with Crippen molar-refractivity contribution in [3.63, 3.8) is 0 Å². The number of nitrogens with zero attached hydrogens (tertiary/aromatic N) is 2. The number of benzene rings is 9. The molecule has 0 amide bonds. The van der Waals surface area contributed by atoms with Crippen LogP contribution in [0.1, 0.15) is 18.4 Å². The van der Waals surface area contributed by atoms with Gasteiger partial charge in [0.2, 0.25) is 0 Å². The number of fused-ring (bicyclic) bond motifs is 5. The predicted octanol–water partition coefficient (Wildman–Crippen LogP) is 14.7. The lowest BCUT2D eigenvalue weighted by Gasteiger charge is -2.31. The molecule has 1 aliphatic carbocycles. The first-order chi connectivity index (χ1) is 26.8. The molecule has 0 unspecified atom stereocenters. The molecule has 54 heavy (non-hydrogen) atoms. The minimum absolute atomic E-state index is 0.955. The highest BCUT2D eigenvalue weighted by Gasteiger charge is 2.20. The Balaban J connectivity index is 1.01. The third-order valence-electron chi connectivity index (χ3n) is 10.9. The van der Waals surface area contributed by atoms with Gasteiger partial charge in [0.25, 0.3) is 0 Å². The maximum Gasteiger partial charge on any atom is 0.0540 e. The van der Waals surface area contributed by atoms with Gasteiger partial charge in [-0.05, 0) is 117 Å². The van der Waals surface area contributed by atoms with Gasteiger partial charge in [0.15, 0.2) is 0 Å². The molecular formula is C52H38N2. The lowest BCUT2D eigenvalue weighted by molar-refractivity contribution is 0.932. The summed E-state index contributed by atoms with van der Waals surface area (Å²) in [5.41, 5.74) is 9.81. The van der Waals surface area contributed by atoms with Crippen LogP contribution in [0.3, 0.4) is 0 Å². The molecule has 9 aromatic carbocycles. The van der Waals surface area contributed by atoms with Crippen molar-refractivity contribution in [1.82, 2.24) is 0 Å². The van der Waals surface area contributed by atoms with Crippen LogP contribution < -0.4 is 9.80 Å². The van der Waals surface area contributed by atoms with E-state index < -0.39 is 0 Å². The first-order valence-corrected chi connectivity index (χ1v) is 18.8. The van der Waals surface area contributed by atoms with Crippen molar-refractivity contribution >= 4 is 77.1 Å². The Morgan fingerprint density at radius 2 is 0.852 bits per heavy atom. The van der Waals surface area contributed by atoms with E-state index in [9.17, 15) is 0 Å². The van der Waals surface area contributed by atoms with E-state index in [0.717, 1.165) is 24.2 Å². The maximum absolute atomic E-state index is 2.44. The SMILES string of the molecule is C1=C(c2ccc3c(ccc4cc(N(c5ccccc5)c5cccc6ccccc56)ccc43)c2)CCC(N(c2ccccc2)c2cccc3ccccc23)=C1. The summed E-state index contributed by atoms with van der Waals surface area (Å²) < 4.78 is 0. The zero-order chi connectivity index (χ0) is 35.8. The van der Waals surface area contributed by atoms with Gasteiger partial charge < -0.3 is 9.80 Å². The van der Waals surface area contributed by atoms with Crippen LogP contribution in [-0.4, -0.2) is 0 Å². The Labute approximate surface area is 316 Å². The summed E-state index contributed by atoms with van der Waals surface area (Å²) >= 11 is 0. The molecule has 256 valence electrons. The molecule has 9 aromatic rings. The number of anilines is 5. The molecule has 0 aromatic heterocycles. The Morgan fingerprint density at radius 1 is 0.315 bits per heavy atom. The molecule has 10 rings (SSSR count). The largest absolute Gasteiger partial charge is 0.314 e. The van der Waals surface area contributed by atoms with Crippen LogP contribution in [0, 0.1) is 0 Å². The van der Waals surface area contributed by atoms with E-state index >= 15 is 0 Å². The number of rotatable bonds is 7. The Morgan fingerprint density at radius 3 is 1.48 bits per heavy atom. The van der Waals surface area contributed by atoms with E-state index in [1.54, 1.807) is 0 Å². The number of hydrogen-bond donors (Lipinski definition) is 0. The zero-order valence-electron chi connectivity index (χ0n) is 29.9. The number of allylic oxidation sites excluding steroid dienone is 4. The van der Waals surface area contributed by atoms with Gasteiger partial charge in [-0.2, -0.15) is 0 Å². The molecule has 0 fully saturated rings. The highest BCUT2D eigenvalue weighted by Crippen LogP contribution is 2.42. The quantitative estimate of drug-likeness (QED) is 0.154. The average molecular weight is 691 g/mol. The molecule has 0 spiro atoms. The second-order valence-corrected chi connectivity index (χ2v) is 14.1. The second kappa shape index (κ2) is 13.6. The lowest BCUT2D eigenvalue weighted by atomic mass is 9.92. The molecule has 0 radical (unpaired) electrons. The molecular weight excluding hydrogens is 653 g/mol. The van der Waals surface area contributed by atoms with Crippen LogP contribution in [0.25, 0.3) is 48.7 Å². The fraction of sp³-hybridized carbons (Fsp3) is 0.0385. The first-order valence-electron chi connectivity index (χ1n) is 18.8. The fourth-order valence-electron chi connectivity index (χ4n) is 8.30. The van der Waals surface area contributed by atoms with Crippen LogP contribution in [0.5, 0.6) is 0 Å².